The van der Waals surface area contributed by atoms with E-state index in [1.807, 2.05) is 146 Å². The van der Waals surface area contributed by atoms with E-state index < -0.39 is 93.1 Å². The molecule has 2 aliphatic carbocycles. The molecule has 10 atom stereocenters. The Labute approximate surface area is 825 Å². The van der Waals surface area contributed by atoms with Gasteiger partial charge in [0.2, 0.25) is 12.2 Å². The molecule has 724 valence electrons. The Morgan fingerprint density at radius 1 is 0.456 bits per heavy atom. The van der Waals surface area contributed by atoms with E-state index in [4.69, 9.17) is 61.6 Å². The molecule has 22 nitrogen and oxygen atoms in total. The first-order chi connectivity index (χ1) is 64.7. The van der Waals surface area contributed by atoms with Gasteiger partial charge in [-0.3, -0.25) is 19.2 Å². The summed E-state index contributed by atoms with van der Waals surface area (Å²) >= 11 is 4.37. The summed E-state index contributed by atoms with van der Waals surface area (Å²) in [6, 6.07) is 58.6. The molecule has 0 bridgehead atoms. The summed E-state index contributed by atoms with van der Waals surface area (Å²) in [6.07, 6.45) is 7.21. The third-order valence-electron chi connectivity index (χ3n) is 28.0. The van der Waals surface area contributed by atoms with Gasteiger partial charge in [0.15, 0.2) is 12.6 Å². The Hall–Kier alpha value is -10.3. The maximum absolute atomic E-state index is 15.3. The average Bonchev–Trinajstić information content (AvgIpc) is 1.03. The number of esters is 7. The lowest BCUT2D eigenvalue weighted by molar-refractivity contribution is -0.178. The number of carbonyl (C=O) groups excluding carboxylic acids is 7. The number of aromatic hydroxyl groups is 2. The van der Waals surface area contributed by atoms with E-state index >= 15 is 9.59 Å². The Bertz CT molecular complexity index is 5990. The molecule has 136 heavy (non-hydrogen) atoms. The highest BCUT2D eigenvalue weighted by Crippen LogP contribution is 2.53. The van der Waals surface area contributed by atoms with Crippen molar-refractivity contribution in [1.29, 1.82) is 0 Å². The van der Waals surface area contributed by atoms with Gasteiger partial charge < -0.3 is 71.8 Å². The van der Waals surface area contributed by atoms with Crippen LogP contribution in [-0.4, -0.2) is 128 Å². The molecule has 0 radical (unpaired) electrons. The molecule has 0 aromatic heterocycles. The molecule has 2 N–H and O–H groups in total. The van der Waals surface area contributed by atoms with Crippen LogP contribution in [0.2, 0.25) is 0 Å². The fraction of sp³-hybridized carbons (Fsp3) is 0.473. The third kappa shape index (κ3) is 24.3. The Kier molecular flexibility index (Phi) is 32.4. The highest BCUT2D eigenvalue weighted by Gasteiger charge is 2.52. The Morgan fingerprint density at radius 2 is 0.846 bits per heavy atom. The highest BCUT2D eigenvalue weighted by molar-refractivity contribution is 14.1. The lowest BCUT2D eigenvalue weighted by Crippen LogP contribution is -2.43. The van der Waals surface area contributed by atoms with Gasteiger partial charge in [0.1, 0.15) is 70.1 Å². The fourth-order valence-electron chi connectivity index (χ4n) is 21.0. The zero-order chi connectivity index (χ0) is 97.2. The molecule has 14 rings (SSSR count). The predicted octanol–water partition coefficient (Wildman–Crippen LogP) is 25.1. The van der Waals surface area contributed by atoms with Crippen molar-refractivity contribution in [3.63, 3.8) is 0 Å². The van der Waals surface area contributed by atoms with E-state index in [-0.39, 0.29) is 118 Å². The summed E-state index contributed by atoms with van der Waals surface area (Å²) in [7, 11) is 0. The zero-order valence-corrected chi connectivity index (χ0v) is 85.0. The monoisotopic (exact) mass is 2080 g/mol. The first kappa shape index (κ1) is 102. The largest absolute Gasteiger partial charge is 0.508 e. The number of cyclic esters (lactones) is 2. The summed E-state index contributed by atoms with van der Waals surface area (Å²) < 4.78 is 81.4. The Morgan fingerprint density at radius 3 is 1.24 bits per heavy atom. The molecule has 2 heterocycles. The standard InChI is InChI=1S/C112H130I2O22/c1-15-71(58-77(86-36-24-28-73-60-80(115)38-42-88(73)86)65-109(11,104(122)135-111(13)48-20-21-49-111)67-106(5,6)102(120)132-93-46-52-128-100(93)118)84-34-26-30-75-62-82(40-44-90(75)84)130-69(3)124-54-56-126-95-64-92(99(117)134-108(9,10)79-32-18-17-19-33-79)98(97(114)96(95)113)127-57-55-125-70(4)131-83-41-45-91-76(63-83)31-27-35-85(91)72(16-2)59-78(87-37-25-29-74-61-81(116)39-43-89(74)87)66-110(12,105(123)136-112(14)50-22-23-51-112)68-107(7,8)103(121)133-94-47-53-129-101(94)119/h17-19,24-45,60-64,69-72,77-78,93-94,115-116H,15-16,20-23,46-59,65-68H2,1-14H3. The number of halogens is 2. The quantitative estimate of drug-likeness (QED) is 0.0118. The van der Waals surface area contributed by atoms with E-state index in [1.54, 1.807) is 58.0 Å². The second-order valence-corrected chi connectivity index (χ2v) is 42.6. The van der Waals surface area contributed by atoms with E-state index in [0.717, 1.165) is 135 Å². The minimum absolute atomic E-state index is 0.0306. The number of rotatable bonds is 43. The molecule has 2 saturated carbocycles. The number of ether oxygens (including phenoxy) is 13. The van der Waals surface area contributed by atoms with Crippen molar-refractivity contribution >= 4 is 130 Å². The summed E-state index contributed by atoms with van der Waals surface area (Å²) in [5, 5.41) is 29.0. The van der Waals surface area contributed by atoms with E-state index in [0.29, 0.717) is 55.8 Å². The van der Waals surface area contributed by atoms with Gasteiger partial charge in [-0.15, -0.1) is 0 Å². The molecular weight excluding hydrogens is 1950 g/mol. The summed E-state index contributed by atoms with van der Waals surface area (Å²) in [6.45, 7) is 27.2. The number of fused-ring (bicyclic) bond motifs is 4. The van der Waals surface area contributed by atoms with Crippen molar-refractivity contribution in [2.75, 3.05) is 39.6 Å². The maximum Gasteiger partial charge on any atom is 0.347 e. The number of phenols is 2. The van der Waals surface area contributed by atoms with Crippen LogP contribution in [0.4, 0.5) is 0 Å². The van der Waals surface area contributed by atoms with Crippen LogP contribution >= 0.6 is 45.2 Å². The summed E-state index contributed by atoms with van der Waals surface area (Å²) in [5.41, 5.74) is -2.09. The number of carbonyl (C=O) groups is 7. The third-order valence-corrected chi connectivity index (χ3v) is 31.1. The molecule has 10 unspecified atom stereocenters. The van der Waals surface area contributed by atoms with Crippen molar-refractivity contribution < 1.29 is 105 Å². The first-order valence-corrected chi connectivity index (χ1v) is 50.3. The number of phenolic OH excluding ortho intramolecular Hbond substituents is 2. The molecule has 2 aliphatic heterocycles. The van der Waals surface area contributed by atoms with Crippen molar-refractivity contribution in [2.45, 2.75) is 278 Å². The van der Waals surface area contributed by atoms with Gasteiger partial charge in [-0.05, 0) is 380 Å². The van der Waals surface area contributed by atoms with Crippen molar-refractivity contribution in [3.05, 3.63) is 223 Å². The maximum atomic E-state index is 15.3. The van der Waals surface area contributed by atoms with E-state index in [9.17, 15) is 34.2 Å². The minimum atomic E-state index is -1.23. The first-order valence-electron chi connectivity index (χ1n) is 48.1. The highest BCUT2D eigenvalue weighted by atomic mass is 127. The number of benzene rings is 10. The van der Waals surface area contributed by atoms with Crippen LogP contribution in [0.15, 0.2) is 182 Å². The normalized spacial score (nSPS) is 18.3. The van der Waals surface area contributed by atoms with Crippen molar-refractivity contribution in [3.8, 4) is 34.5 Å². The molecular formula is C112H130I2O22. The van der Waals surface area contributed by atoms with Gasteiger partial charge in [-0.25, -0.2) is 14.4 Å². The van der Waals surface area contributed by atoms with Crippen LogP contribution in [0, 0.1) is 28.8 Å². The lowest BCUT2D eigenvalue weighted by atomic mass is 9.66. The van der Waals surface area contributed by atoms with E-state index in [1.165, 1.54) is 0 Å². The lowest BCUT2D eigenvalue weighted by Gasteiger charge is -2.40. The van der Waals surface area contributed by atoms with Gasteiger partial charge in [0.05, 0.1) is 55.2 Å². The smallest absolute Gasteiger partial charge is 0.347 e. The number of hydrogen-bond acceptors (Lipinski definition) is 22. The van der Waals surface area contributed by atoms with Gasteiger partial charge in [0, 0.05) is 12.8 Å². The van der Waals surface area contributed by atoms with Crippen LogP contribution < -0.4 is 18.9 Å². The molecule has 4 aliphatic rings. The second kappa shape index (κ2) is 43.4. The van der Waals surface area contributed by atoms with Gasteiger partial charge >= 0.3 is 41.8 Å². The van der Waals surface area contributed by atoms with Crippen molar-refractivity contribution in [1.82, 2.24) is 0 Å². The van der Waals surface area contributed by atoms with Crippen LogP contribution in [0.25, 0.3) is 43.1 Å². The zero-order valence-electron chi connectivity index (χ0n) is 80.7. The minimum Gasteiger partial charge on any atom is -0.508 e. The molecule has 24 heteroatoms. The van der Waals surface area contributed by atoms with Crippen LogP contribution in [0.5, 0.6) is 34.5 Å². The topological polar surface area (TPSA) is 280 Å². The van der Waals surface area contributed by atoms with Crippen molar-refractivity contribution in [2.24, 2.45) is 21.7 Å². The molecule has 0 spiro atoms. The molecule has 2 saturated heterocycles. The van der Waals surface area contributed by atoms with Gasteiger partial charge in [-0.1, -0.05) is 141 Å². The van der Waals surface area contributed by atoms with Crippen LogP contribution in [0.3, 0.4) is 0 Å². The average molecular weight is 2080 g/mol. The summed E-state index contributed by atoms with van der Waals surface area (Å²) in [4.78, 5) is 99.0. The van der Waals surface area contributed by atoms with E-state index in [2.05, 4.69) is 120 Å². The SMILES string of the molecule is CCC(CC(CC(C)(CC(C)(C)C(=O)OC1CCOC1=O)C(=O)OC1(C)CCCC1)c1cccc2cc(O)ccc12)c1cccc2cc(OC(C)OCCOc3cc(C(=O)OC(C)(C)c4ccccc4)c(OCCOC(C)Oc4ccc5c(C(CC)CC(CC(C)(CC(C)(C)C(=O)OC6CCOC6=O)C(=O)OC6(C)CCCC6)c6cccc7cc(O)ccc67)cccc5c4)c(I)c3I)ccc12. The fourth-order valence-corrected chi connectivity index (χ4v) is 22.2. The van der Waals surface area contributed by atoms with Crippen LogP contribution in [0.1, 0.15) is 274 Å². The summed E-state index contributed by atoms with van der Waals surface area (Å²) in [5.74, 6) is -2.20. The van der Waals surface area contributed by atoms with Crippen LogP contribution in [-0.2, 0) is 77.0 Å². The molecule has 4 fully saturated rings. The Balaban J connectivity index is 0.636. The number of hydrogen-bond donors (Lipinski definition) is 2. The molecule has 0 amide bonds. The van der Waals surface area contributed by atoms with Gasteiger partial charge in [-0.2, -0.15) is 0 Å². The van der Waals surface area contributed by atoms with Gasteiger partial charge in [0.25, 0.3) is 0 Å². The molecule has 10 aromatic carbocycles. The second-order valence-electron chi connectivity index (χ2n) is 40.4. The predicted molar refractivity (Wildman–Crippen MR) is 539 cm³/mol. The molecule has 10 aromatic rings.